The van der Waals surface area contributed by atoms with Crippen LogP contribution >= 0.6 is 0 Å². The number of nitrogen functional groups attached to an aromatic ring is 1. The van der Waals surface area contributed by atoms with Gasteiger partial charge in [-0.05, 0) is 59.7 Å². The Labute approximate surface area is 154 Å². The summed E-state index contributed by atoms with van der Waals surface area (Å²) in [6, 6.07) is 13.0. The van der Waals surface area contributed by atoms with Crippen molar-refractivity contribution in [2.75, 3.05) is 16.6 Å². The molecule has 0 aliphatic carbocycles. The summed E-state index contributed by atoms with van der Waals surface area (Å²) in [4.78, 5) is 11.9. The van der Waals surface area contributed by atoms with Crippen molar-refractivity contribution in [3.05, 3.63) is 59.7 Å². The topological polar surface area (TPSA) is 154 Å². The summed E-state index contributed by atoms with van der Waals surface area (Å²) in [5.74, 6) is 0.622. The molecule has 0 radical (unpaired) electrons. The standard InChI is InChI=1S/C17H16N8O2/c18-15-21-16(24-19-9-11-1-5-13(26)6-2-11)23-17(22-15)25-20-10-12-3-7-14(27)8-4-12/h1-10,26-27H,(H4,18,21,22,23,24,25)/b19-9+,20-10+. The highest BCUT2D eigenvalue weighted by molar-refractivity contribution is 5.80. The molecule has 27 heavy (non-hydrogen) atoms. The molecule has 0 amide bonds. The average Bonchev–Trinajstić information content (AvgIpc) is 2.65. The Hall–Kier alpha value is -4.21. The fourth-order valence-electron chi connectivity index (χ4n) is 1.94. The van der Waals surface area contributed by atoms with Crippen LogP contribution in [-0.4, -0.2) is 37.6 Å². The Bertz CT molecular complexity index is 880. The first-order valence-electron chi connectivity index (χ1n) is 7.76. The lowest BCUT2D eigenvalue weighted by Gasteiger charge is -2.03. The molecule has 0 saturated heterocycles. The van der Waals surface area contributed by atoms with Gasteiger partial charge in [-0.3, -0.25) is 0 Å². The van der Waals surface area contributed by atoms with Gasteiger partial charge in [0.2, 0.25) is 17.8 Å². The predicted molar refractivity (Wildman–Crippen MR) is 103 cm³/mol. The largest absolute Gasteiger partial charge is 0.508 e. The minimum Gasteiger partial charge on any atom is -0.508 e. The van der Waals surface area contributed by atoms with Crippen molar-refractivity contribution < 1.29 is 10.2 Å². The van der Waals surface area contributed by atoms with E-state index >= 15 is 0 Å². The first-order valence-corrected chi connectivity index (χ1v) is 7.76. The number of hydrogen-bond donors (Lipinski definition) is 5. The summed E-state index contributed by atoms with van der Waals surface area (Å²) in [6.45, 7) is 0. The number of rotatable bonds is 6. The summed E-state index contributed by atoms with van der Waals surface area (Å²) in [7, 11) is 0. The van der Waals surface area contributed by atoms with Gasteiger partial charge in [-0.15, -0.1) is 0 Å². The van der Waals surface area contributed by atoms with Crippen LogP contribution in [0.15, 0.2) is 58.7 Å². The Balaban J connectivity index is 1.63. The third-order valence-corrected chi connectivity index (χ3v) is 3.20. The molecule has 136 valence electrons. The van der Waals surface area contributed by atoms with Crippen molar-refractivity contribution in [3.63, 3.8) is 0 Å². The molecule has 3 rings (SSSR count). The van der Waals surface area contributed by atoms with Gasteiger partial charge in [0.15, 0.2) is 0 Å². The summed E-state index contributed by atoms with van der Waals surface area (Å²) < 4.78 is 0. The van der Waals surface area contributed by atoms with Crippen molar-refractivity contribution in [3.8, 4) is 11.5 Å². The lowest BCUT2D eigenvalue weighted by molar-refractivity contribution is 0.475. The van der Waals surface area contributed by atoms with Crippen LogP contribution < -0.4 is 16.6 Å². The molecular weight excluding hydrogens is 348 g/mol. The fraction of sp³-hybridized carbons (Fsp3) is 0. The Morgan fingerprint density at radius 3 is 1.52 bits per heavy atom. The summed E-state index contributed by atoms with van der Waals surface area (Å²) in [5, 5.41) is 26.5. The highest BCUT2D eigenvalue weighted by atomic mass is 16.3. The molecular formula is C17H16N8O2. The number of benzene rings is 2. The van der Waals surface area contributed by atoms with Crippen LogP contribution in [0.3, 0.4) is 0 Å². The molecule has 2 aromatic carbocycles. The number of aromatic hydroxyl groups is 2. The van der Waals surface area contributed by atoms with E-state index in [-0.39, 0.29) is 29.3 Å². The maximum atomic E-state index is 9.25. The van der Waals surface area contributed by atoms with Crippen LogP contribution in [-0.2, 0) is 0 Å². The van der Waals surface area contributed by atoms with Crippen LogP contribution in [0.4, 0.5) is 17.8 Å². The zero-order chi connectivity index (χ0) is 19.1. The van der Waals surface area contributed by atoms with E-state index in [1.54, 1.807) is 48.5 Å². The van der Waals surface area contributed by atoms with E-state index in [2.05, 4.69) is 36.0 Å². The molecule has 0 fully saturated rings. The van der Waals surface area contributed by atoms with Crippen molar-refractivity contribution in [2.24, 2.45) is 10.2 Å². The van der Waals surface area contributed by atoms with E-state index in [1.165, 1.54) is 12.4 Å². The first-order chi connectivity index (χ1) is 13.1. The fourth-order valence-corrected chi connectivity index (χ4v) is 1.94. The second-order valence-corrected chi connectivity index (χ2v) is 5.26. The molecule has 10 heteroatoms. The van der Waals surface area contributed by atoms with Gasteiger partial charge in [0.05, 0.1) is 12.4 Å². The van der Waals surface area contributed by atoms with E-state index < -0.39 is 0 Å². The average molecular weight is 364 g/mol. The number of anilines is 3. The van der Waals surface area contributed by atoms with Crippen molar-refractivity contribution in [2.45, 2.75) is 0 Å². The van der Waals surface area contributed by atoms with Crippen molar-refractivity contribution >= 4 is 30.3 Å². The molecule has 0 unspecified atom stereocenters. The number of phenolic OH excluding ortho intramolecular Hbond substituents is 2. The van der Waals surface area contributed by atoms with Gasteiger partial charge in [0.1, 0.15) is 11.5 Å². The zero-order valence-electron chi connectivity index (χ0n) is 14.0. The summed E-state index contributed by atoms with van der Waals surface area (Å²) in [5.41, 5.74) is 12.5. The summed E-state index contributed by atoms with van der Waals surface area (Å²) >= 11 is 0. The second kappa shape index (κ2) is 8.25. The number of phenols is 2. The Kier molecular flexibility index (Phi) is 5.38. The molecule has 0 bridgehead atoms. The molecule has 0 aliphatic heterocycles. The minimum atomic E-state index is -0.00494. The Morgan fingerprint density at radius 1 is 0.704 bits per heavy atom. The maximum absolute atomic E-state index is 9.25. The third-order valence-electron chi connectivity index (χ3n) is 3.20. The lowest BCUT2D eigenvalue weighted by Crippen LogP contribution is -2.06. The predicted octanol–water partition coefficient (Wildman–Crippen LogP) is 1.76. The first kappa shape index (κ1) is 17.6. The Morgan fingerprint density at radius 2 is 1.11 bits per heavy atom. The molecule has 1 heterocycles. The van der Waals surface area contributed by atoms with Crippen LogP contribution in [0.5, 0.6) is 11.5 Å². The third kappa shape index (κ3) is 5.39. The summed E-state index contributed by atoms with van der Waals surface area (Å²) in [6.07, 6.45) is 3.07. The number of nitrogens with zero attached hydrogens (tertiary/aromatic N) is 5. The van der Waals surface area contributed by atoms with E-state index in [1.807, 2.05) is 0 Å². The number of nitrogens with one attached hydrogen (secondary N) is 2. The molecule has 1 aromatic heterocycles. The lowest BCUT2D eigenvalue weighted by atomic mass is 10.2. The van der Waals surface area contributed by atoms with Crippen molar-refractivity contribution in [1.29, 1.82) is 0 Å². The number of nitrogens with two attached hydrogens (primary N) is 1. The molecule has 0 spiro atoms. The monoisotopic (exact) mass is 364 g/mol. The van der Waals surface area contributed by atoms with Gasteiger partial charge >= 0.3 is 0 Å². The van der Waals surface area contributed by atoms with Gasteiger partial charge in [-0.2, -0.15) is 25.2 Å². The van der Waals surface area contributed by atoms with Crippen molar-refractivity contribution in [1.82, 2.24) is 15.0 Å². The quantitative estimate of drug-likeness (QED) is 0.327. The second-order valence-electron chi connectivity index (χ2n) is 5.26. The zero-order valence-corrected chi connectivity index (χ0v) is 14.0. The molecule has 6 N–H and O–H groups in total. The van der Waals surface area contributed by atoms with Gasteiger partial charge in [-0.1, -0.05) is 0 Å². The van der Waals surface area contributed by atoms with E-state index in [9.17, 15) is 10.2 Å². The molecule has 3 aromatic rings. The van der Waals surface area contributed by atoms with Crippen LogP contribution in [0.25, 0.3) is 0 Å². The van der Waals surface area contributed by atoms with Crippen LogP contribution in [0.2, 0.25) is 0 Å². The van der Waals surface area contributed by atoms with Gasteiger partial charge < -0.3 is 15.9 Å². The molecule has 10 nitrogen and oxygen atoms in total. The molecule has 0 aliphatic rings. The molecule has 0 atom stereocenters. The van der Waals surface area contributed by atoms with Gasteiger partial charge in [0, 0.05) is 0 Å². The highest BCUT2D eigenvalue weighted by Gasteiger charge is 2.02. The number of aromatic nitrogens is 3. The van der Waals surface area contributed by atoms with Crippen LogP contribution in [0, 0.1) is 0 Å². The normalized spacial score (nSPS) is 11.1. The van der Waals surface area contributed by atoms with Gasteiger partial charge in [0.25, 0.3) is 0 Å². The highest BCUT2D eigenvalue weighted by Crippen LogP contribution is 2.10. The van der Waals surface area contributed by atoms with Gasteiger partial charge in [-0.25, -0.2) is 10.9 Å². The van der Waals surface area contributed by atoms with Crippen LogP contribution in [0.1, 0.15) is 11.1 Å². The van der Waals surface area contributed by atoms with E-state index in [0.29, 0.717) is 0 Å². The maximum Gasteiger partial charge on any atom is 0.250 e. The smallest absolute Gasteiger partial charge is 0.250 e. The van der Waals surface area contributed by atoms with E-state index in [0.717, 1.165) is 11.1 Å². The molecule has 0 saturated carbocycles. The van der Waals surface area contributed by atoms with E-state index in [4.69, 9.17) is 5.73 Å². The SMILES string of the molecule is Nc1nc(N/N=C/c2ccc(O)cc2)nc(N/N=C/c2ccc(O)cc2)n1. The number of hydrazone groups is 2. The number of hydrogen-bond acceptors (Lipinski definition) is 10. The minimum absolute atomic E-state index is 0.00494.